The summed E-state index contributed by atoms with van der Waals surface area (Å²) in [6.45, 7) is -0.471. The minimum Gasteiger partial charge on any atom is -0.454 e. The van der Waals surface area contributed by atoms with Crippen molar-refractivity contribution in [3.63, 3.8) is 0 Å². The van der Waals surface area contributed by atoms with Gasteiger partial charge >= 0.3 is 5.97 Å². The number of aliphatic hydroxyl groups is 1. The van der Waals surface area contributed by atoms with Crippen molar-refractivity contribution >= 4 is 5.97 Å². The molecule has 0 amide bonds. The number of esters is 1. The van der Waals surface area contributed by atoms with Crippen LogP contribution in [0.1, 0.15) is 0 Å². The summed E-state index contributed by atoms with van der Waals surface area (Å²) < 4.78 is 14.9. The highest BCUT2D eigenvalue weighted by Gasteiger charge is 2.14. The monoisotopic (exact) mass is 196 g/mol. The standard InChI is InChI=1S/C9H8O5/c10-4-9(11)14-6-1-2-7-8(3-6)13-5-12-7/h1-3,10H,4-5H2. The first kappa shape index (κ1) is 8.83. The third-order valence-electron chi connectivity index (χ3n) is 1.70. The molecule has 1 N–H and O–H groups in total. The quantitative estimate of drug-likeness (QED) is 0.544. The maximum Gasteiger partial charge on any atom is 0.337 e. The van der Waals surface area contributed by atoms with Crippen LogP contribution < -0.4 is 14.2 Å². The van der Waals surface area contributed by atoms with E-state index < -0.39 is 12.6 Å². The molecular weight excluding hydrogens is 188 g/mol. The molecule has 1 aliphatic rings. The first-order valence-electron chi connectivity index (χ1n) is 4.01. The molecule has 0 atom stereocenters. The SMILES string of the molecule is O=C(CO)Oc1ccc2c(c1)OCO2. The Kier molecular flexibility index (Phi) is 2.24. The summed E-state index contributed by atoms with van der Waals surface area (Å²) in [5, 5.41) is 8.46. The van der Waals surface area contributed by atoms with Crippen LogP contribution in [0.15, 0.2) is 18.2 Å². The van der Waals surface area contributed by atoms with Gasteiger partial charge in [-0.2, -0.15) is 0 Å². The molecule has 2 rings (SSSR count). The van der Waals surface area contributed by atoms with Crippen molar-refractivity contribution in [2.24, 2.45) is 0 Å². The van der Waals surface area contributed by atoms with Gasteiger partial charge in [0.1, 0.15) is 12.4 Å². The number of hydrogen-bond donors (Lipinski definition) is 1. The number of fused-ring (bicyclic) bond motifs is 1. The minimum atomic E-state index is -0.705. The van der Waals surface area contributed by atoms with Crippen LogP contribution >= 0.6 is 0 Å². The Morgan fingerprint density at radius 1 is 1.43 bits per heavy atom. The number of ether oxygens (including phenoxy) is 3. The molecule has 5 heteroatoms. The van der Waals surface area contributed by atoms with E-state index in [-0.39, 0.29) is 6.79 Å². The van der Waals surface area contributed by atoms with Gasteiger partial charge in [0.05, 0.1) is 0 Å². The van der Waals surface area contributed by atoms with Gasteiger partial charge in [-0.25, -0.2) is 4.79 Å². The van der Waals surface area contributed by atoms with Crippen molar-refractivity contribution in [3.8, 4) is 17.2 Å². The molecular formula is C9H8O5. The second-order valence-electron chi connectivity index (χ2n) is 2.65. The van der Waals surface area contributed by atoms with Crippen molar-refractivity contribution in [3.05, 3.63) is 18.2 Å². The van der Waals surface area contributed by atoms with Gasteiger partial charge in [-0.3, -0.25) is 0 Å². The van der Waals surface area contributed by atoms with Crippen LogP contribution in [0.4, 0.5) is 0 Å². The highest BCUT2D eigenvalue weighted by molar-refractivity contribution is 5.73. The van der Waals surface area contributed by atoms with Gasteiger partial charge in [0, 0.05) is 6.07 Å². The lowest BCUT2D eigenvalue weighted by atomic mass is 10.3. The predicted octanol–water partition coefficient (Wildman–Crippen LogP) is 0.313. The van der Waals surface area contributed by atoms with Crippen LogP contribution in [0.25, 0.3) is 0 Å². The van der Waals surface area contributed by atoms with Crippen molar-refractivity contribution < 1.29 is 24.1 Å². The Hall–Kier alpha value is -1.75. The van der Waals surface area contributed by atoms with Crippen LogP contribution in [0.5, 0.6) is 17.2 Å². The Bertz CT molecular complexity index is 360. The second kappa shape index (κ2) is 3.55. The number of aliphatic hydroxyl groups excluding tert-OH is 1. The van der Waals surface area contributed by atoms with Crippen LogP contribution in [-0.2, 0) is 4.79 Å². The van der Waals surface area contributed by atoms with E-state index in [1.807, 2.05) is 0 Å². The van der Waals surface area contributed by atoms with E-state index in [0.717, 1.165) is 0 Å². The van der Waals surface area contributed by atoms with Gasteiger partial charge in [-0.1, -0.05) is 0 Å². The summed E-state index contributed by atoms with van der Waals surface area (Å²) in [6, 6.07) is 4.75. The third kappa shape index (κ3) is 1.62. The molecule has 0 radical (unpaired) electrons. The summed E-state index contributed by atoms with van der Waals surface area (Å²) in [5.41, 5.74) is 0. The fourth-order valence-electron chi connectivity index (χ4n) is 1.10. The summed E-state index contributed by atoms with van der Waals surface area (Å²) in [4.78, 5) is 10.7. The molecule has 0 spiro atoms. The zero-order chi connectivity index (χ0) is 9.97. The molecule has 0 saturated heterocycles. The lowest BCUT2D eigenvalue weighted by Crippen LogP contribution is -2.11. The Balaban J connectivity index is 2.16. The average molecular weight is 196 g/mol. The van der Waals surface area contributed by atoms with Crippen LogP contribution in [-0.4, -0.2) is 24.5 Å². The van der Waals surface area contributed by atoms with Crippen molar-refractivity contribution in [2.75, 3.05) is 13.4 Å². The zero-order valence-electron chi connectivity index (χ0n) is 7.23. The first-order valence-corrected chi connectivity index (χ1v) is 4.01. The number of hydrogen-bond acceptors (Lipinski definition) is 5. The first-order chi connectivity index (χ1) is 6.79. The van der Waals surface area contributed by atoms with Crippen LogP contribution in [0, 0.1) is 0 Å². The molecule has 14 heavy (non-hydrogen) atoms. The van der Waals surface area contributed by atoms with Gasteiger partial charge in [0.15, 0.2) is 11.5 Å². The lowest BCUT2D eigenvalue weighted by Gasteiger charge is -2.02. The van der Waals surface area contributed by atoms with E-state index in [9.17, 15) is 4.79 Å². The average Bonchev–Trinajstić information content (AvgIpc) is 2.64. The molecule has 0 aliphatic carbocycles. The normalized spacial score (nSPS) is 12.6. The van der Waals surface area contributed by atoms with E-state index in [1.165, 1.54) is 6.07 Å². The molecule has 0 fully saturated rings. The smallest absolute Gasteiger partial charge is 0.337 e. The molecule has 0 aromatic heterocycles. The molecule has 0 unspecified atom stereocenters. The molecule has 1 aliphatic heterocycles. The Morgan fingerprint density at radius 3 is 3.00 bits per heavy atom. The Morgan fingerprint density at radius 2 is 2.21 bits per heavy atom. The molecule has 0 bridgehead atoms. The van der Waals surface area contributed by atoms with E-state index in [0.29, 0.717) is 17.2 Å². The number of benzene rings is 1. The van der Waals surface area contributed by atoms with Crippen LogP contribution in [0.2, 0.25) is 0 Å². The summed E-state index contributed by atoms with van der Waals surface area (Å²) in [6.07, 6.45) is 0. The molecule has 1 aromatic rings. The van der Waals surface area contributed by atoms with Gasteiger partial charge in [0.25, 0.3) is 0 Å². The predicted molar refractivity (Wildman–Crippen MR) is 45.3 cm³/mol. The van der Waals surface area contributed by atoms with Crippen molar-refractivity contribution in [2.45, 2.75) is 0 Å². The molecule has 5 nitrogen and oxygen atoms in total. The number of carbonyl (C=O) groups excluding carboxylic acids is 1. The van der Waals surface area contributed by atoms with Gasteiger partial charge in [-0.05, 0) is 12.1 Å². The van der Waals surface area contributed by atoms with Crippen LogP contribution in [0.3, 0.4) is 0 Å². The Labute approximate surface area is 79.8 Å². The maximum absolute atomic E-state index is 10.7. The zero-order valence-corrected chi connectivity index (χ0v) is 7.23. The minimum absolute atomic E-state index is 0.173. The van der Waals surface area contributed by atoms with Crippen molar-refractivity contribution in [1.82, 2.24) is 0 Å². The molecule has 74 valence electrons. The summed E-state index contributed by atoms with van der Waals surface area (Å²) in [7, 11) is 0. The second-order valence-corrected chi connectivity index (χ2v) is 2.65. The van der Waals surface area contributed by atoms with Gasteiger partial charge in [0.2, 0.25) is 6.79 Å². The fourth-order valence-corrected chi connectivity index (χ4v) is 1.10. The van der Waals surface area contributed by atoms with Gasteiger partial charge in [-0.15, -0.1) is 0 Å². The molecule has 1 heterocycles. The van der Waals surface area contributed by atoms with Crippen molar-refractivity contribution in [1.29, 1.82) is 0 Å². The summed E-state index contributed by atoms with van der Waals surface area (Å²) in [5.74, 6) is 0.777. The van der Waals surface area contributed by atoms with E-state index in [1.54, 1.807) is 12.1 Å². The highest BCUT2D eigenvalue weighted by Crippen LogP contribution is 2.34. The van der Waals surface area contributed by atoms with Gasteiger partial charge < -0.3 is 19.3 Å². The number of rotatable bonds is 2. The third-order valence-corrected chi connectivity index (χ3v) is 1.70. The van der Waals surface area contributed by atoms with E-state index in [2.05, 4.69) is 0 Å². The molecule has 0 saturated carbocycles. The molecule has 1 aromatic carbocycles. The number of carbonyl (C=O) groups is 1. The van der Waals surface area contributed by atoms with E-state index >= 15 is 0 Å². The highest BCUT2D eigenvalue weighted by atomic mass is 16.7. The van der Waals surface area contributed by atoms with E-state index in [4.69, 9.17) is 19.3 Å². The largest absolute Gasteiger partial charge is 0.454 e. The lowest BCUT2D eigenvalue weighted by molar-refractivity contribution is -0.137. The summed E-state index contributed by atoms with van der Waals surface area (Å²) >= 11 is 0. The fraction of sp³-hybridized carbons (Fsp3) is 0.222. The maximum atomic E-state index is 10.7. The topological polar surface area (TPSA) is 65.0 Å².